The number of hydrogen-bond acceptors (Lipinski definition) is 7. The zero-order valence-electron chi connectivity index (χ0n) is 13.9. The molecule has 9 nitrogen and oxygen atoms in total. The zero-order valence-corrected chi connectivity index (χ0v) is 15.5. The molecular weight excluding hydrogens is 376 g/mol. The first-order valence-electron chi connectivity index (χ1n) is 7.97. The summed E-state index contributed by atoms with van der Waals surface area (Å²) in [5.41, 5.74) is 2.10. The van der Waals surface area contributed by atoms with E-state index in [0.29, 0.717) is 36.7 Å². The molecule has 26 heavy (non-hydrogen) atoms. The molecule has 0 spiro atoms. The minimum absolute atomic E-state index is 0.158. The molecule has 1 aromatic carbocycles. The van der Waals surface area contributed by atoms with Crippen molar-refractivity contribution in [1.82, 2.24) is 29.4 Å². The number of amides is 1. The van der Waals surface area contributed by atoms with Gasteiger partial charge < -0.3 is 9.47 Å². The molecule has 0 saturated heterocycles. The number of aromatic nitrogens is 4. The van der Waals surface area contributed by atoms with Crippen LogP contribution in [-0.2, 0) is 23.0 Å². The third kappa shape index (κ3) is 2.87. The molecule has 1 aliphatic rings. The van der Waals surface area contributed by atoms with Gasteiger partial charge in [-0.1, -0.05) is 6.07 Å². The lowest BCUT2D eigenvalue weighted by atomic mass is 10.3. The minimum atomic E-state index is -3.69. The first-order chi connectivity index (χ1) is 12.5. The summed E-state index contributed by atoms with van der Waals surface area (Å²) >= 11 is 1.39. The molecule has 0 radical (unpaired) electrons. The maximum Gasteiger partial charge on any atom is 0.291 e. The maximum atomic E-state index is 12.6. The molecule has 3 heterocycles. The quantitative estimate of drug-likeness (QED) is 0.677. The minimum Gasteiger partial charge on any atom is -0.337 e. The molecule has 0 unspecified atom stereocenters. The fourth-order valence-corrected chi connectivity index (χ4v) is 4.86. The molecular formula is C15H16N6O3S2. The smallest absolute Gasteiger partial charge is 0.291 e. The van der Waals surface area contributed by atoms with Gasteiger partial charge in [-0.2, -0.15) is 0 Å². The summed E-state index contributed by atoms with van der Waals surface area (Å²) in [6.07, 6.45) is 0.344. The number of rotatable bonds is 5. The van der Waals surface area contributed by atoms with Crippen molar-refractivity contribution < 1.29 is 13.2 Å². The highest BCUT2D eigenvalue weighted by Crippen LogP contribution is 2.24. The number of fused-ring (bicyclic) bond motifs is 2. The maximum absolute atomic E-state index is 12.6. The van der Waals surface area contributed by atoms with Crippen LogP contribution in [-0.4, -0.2) is 59.1 Å². The number of carbonyl (C=O) groups is 1. The predicted molar refractivity (Wildman–Crippen MR) is 95.5 cm³/mol. The molecule has 0 saturated carbocycles. The van der Waals surface area contributed by atoms with Gasteiger partial charge in [-0.15, -0.1) is 21.5 Å². The van der Waals surface area contributed by atoms with E-state index >= 15 is 0 Å². The Hall–Kier alpha value is -2.37. The largest absolute Gasteiger partial charge is 0.337 e. The van der Waals surface area contributed by atoms with E-state index < -0.39 is 10.0 Å². The van der Waals surface area contributed by atoms with Gasteiger partial charge in [0.25, 0.3) is 5.91 Å². The Kier molecular flexibility index (Phi) is 4.21. The van der Waals surface area contributed by atoms with E-state index in [2.05, 4.69) is 19.9 Å². The molecule has 0 atom stereocenters. The fraction of sp³-hybridized carbons (Fsp3) is 0.333. The third-order valence-electron chi connectivity index (χ3n) is 4.28. The Morgan fingerprint density at radius 2 is 2.12 bits per heavy atom. The van der Waals surface area contributed by atoms with Crippen LogP contribution in [0.15, 0.2) is 28.6 Å². The molecule has 136 valence electrons. The van der Waals surface area contributed by atoms with E-state index in [0.717, 1.165) is 4.70 Å². The van der Waals surface area contributed by atoms with Gasteiger partial charge in [0.1, 0.15) is 16.2 Å². The van der Waals surface area contributed by atoms with Crippen molar-refractivity contribution >= 4 is 37.5 Å². The second-order valence-electron chi connectivity index (χ2n) is 5.92. The number of para-hydroxylation sites is 1. The van der Waals surface area contributed by atoms with Crippen LogP contribution in [0.4, 0.5) is 0 Å². The van der Waals surface area contributed by atoms with Gasteiger partial charge in [0, 0.05) is 33.1 Å². The van der Waals surface area contributed by atoms with E-state index in [4.69, 9.17) is 0 Å². The molecule has 1 amide bonds. The Labute approximate surface area is 153 Å². The molecule has 0 bridgehead atoms. The van der Waals surface area contributed by atoms with Crippen LogP contribution in [0.5, 0.6) is 0 Å². The molecule has 2 aromatic heterocycles. The zero-order chi connectivity index (χ0) is 18.3. The number of carbonyl (C=O) groups excluding carboxylic acids is 1. The summed E-state index contributed by atoms with van der Waals surface area (Å²) < 4.78 is 30.4. The average Bonchev–Trinajstić information content (AvgIpc) is 3.25. The Morgan fingerprint density at radius 3 is 2.96 bits per heavy atom. The van der Waals surface area contributed by atoms with E-state index in [-0.39, 0.29) is 17.3 Å². The van der Waals surface area contributed by atoms with Gasteiger partial charge in [0.15, 0.2) is 0 Å². The lowest BCUT2D eigenvalue weighted by molar-refractivity contribution is 0.0740. The normalized spacial score (nSPS) is 14.8. The van der Waals surface area contributed by atoms with Crippen LogP contribution in [0.2, 0.25) is 0 Å². The van der Waals surface area contributed by atoms with Gasteiger partial charge in [-0.25, -0.2) is 18.1 Å². The first kappa shape index (κ1) is 17.1. The summed E-state index contributed by atoms with van der Waals surface area (Å²) in [5, 5.41) is 7.97. The van der Waals surface area contributed by atoms with Crippen LogP contribution < -0.4 is 4.72 Å². The van der Waals surface area contributed by atoms with Gasteiger partial charge in [-0.05, 0) is 12.1 Å². The monoisotopic (exact) mass is 392 g/mol. The topological polar surface area (TPSA) is 110 Å². The lowest BCUT2D eigenvalue weighted by Gasteiger charge is -2.23. The predicted octanol–water partition coefficient (Wildman–Crippen LogP) is 0.494. The second-order valence-corrected chi connectivity index (χ2v) is 8.54. The second kappa shape index (κ2) is 6.41. The molecule has 4 rings (SSSR count). The van der Waals surface area contributed by atoms with Gasteiger partial charge in [0.05, 0.1) is 10.2 Å². The van der Waals surface area contributed by atoms with E-state index in [1.54, 1.807) is 28.1 Å². The summed E-state index contributed by atoms with van der Waals surface area (Å²) in [4.78, 5) is 17.9. The van der Waals surface area contributed by atoms with Crippen LogP contribution in [0.1, 0.15) is 16.4 Å². The first-order valence-corrected chi connectivity index (χ1v) is 10.3. The number of benzene rings is 1. The summed E-state index contributed by atoms with van der Waals surface area (Å²) in [5.74, 6) is 0.714. The van der Waals surface area contributed by atoms with E-state index in [9.17, 15) is 13.2 Å². The van der Waals surface area contributed by atoms with Crippen LogP contribution in [0, 0.1) is 0 Å². The molecule has 3 aromatic rings. The van der Waals surface area contributed by atoms with Gasteiger partial charge in [-0.3, -0.25) is 4.79 Å². The van der Waals surface area contributed by atoms with Gasteiger partial charge >= 0.3 is 0 Å². The SMILES string of the molecule is CN1CCn2c(CCNS(=O)(=O)c3cccc4scnc34)nnc2C1=O. The molecule has 0 aliphatic carbocycles. The van der Waals surface area contributed by atoms with Crippen molar-refractivity contribution in [2.75, 3.05) is 20.1 Å². The molecule has 1 N–H and O–H groups in total. The highest BCUT2D eigenvalue weighted by Gasteiger charge is 2.26. The highest BCUT2D eigenvalue weighted by atomic mass is 32.2. The third-order valence-corrected chi connectivity index (χ3v) is 6.56. The fourth-order valence-electron chi connectivity index (χ4n) is 2.89. The highest BCUT2D eigenvalue weighted by molar-refractivity contribution is 7.89. The number of thiazole rings is 1. The average molecular weight is 392 g/mol. The number of nitrogens with one attached hydrogen (secondary N) is 1. The van der Waals surface area contributed by atoms with Crippen molar-refractivity contribution in [3.05, 3.63) is 35.4 Å². The lowest BCUT2D eigenvalue weighted by Crippen LogP contribution is -2.38. The van der Waals surface area contributed by atoms with Crippen molar-refractivity contribution in [2.24, 2.45) is 0 Å². The van der Waals surface area contributed by atoms with Crippen molar-refractivity contribution in [3.8, 4) is 0 Å². The van der Waals surface area contributed by atoms with Crippen molar-refractivity contribution in [1.29, 1.82) is 0 Å². The van der Waals surface area contributed by atoms with Crippen LogP contribution in [0.3, 0.4) is 0 Å². The summed E-state index contributed by atoms with van der Waals surface area (Å²) in [6, 6.07) is 5.08. The standard InChI is InChI=1S/C15H16N6O3S2/c1-20-7-8-21-12(18-19-14(21)15(20)22)5-6-17-26(23,24)11-4-2-3-10-13(11)16-9-25-10/h2-4,9,17H,5-8H2,1H3. The Bertz CT molecular complexity index is 1090. The van der Waals surface area contributed by atoms with Crippen LogP contribution in [0.25, 0.3) is 10.2 Å². The molecule has 0 fully saturated rings. The van der Waals surface area contributed by atoms with Crippen LogP contribution >= 0.6 is 11.3 Å². The van der Waals surface area contributed by atoms with E-state index in [1.807, 2.05) is 6.07 Å². The van der Waals surface area contributed by atoms with Crippen molar-refractivity contribution in [3.63, 3.8) is 0 Å². The number of likely N-dealkylation sites (N-methyl/N-ethyl adjacent to an activating group) is 1. The Morgan fingerprint density at radius 1 is 1.27 bits per heavy atom. The number of sulfonamides is 1. The summed E-state index contributed by atoms with van der Waals surface area (Å²) in [7, 11) is -1.97. The number of nitrogens with zero attached hydrogens (tertiary/aromatic N) is 5. The van der Waals surface area contributed by atoms with Gasteiger partial charge in [0.2, 0.25) is 15.8 Å². The Balaban J connectivity index is 1.49. The summed E-state index contributed by atoms with van der Waals surface area (Å²) in [6.45, 7) is 1.34. The molecule has 1 aliphatic heterocycles. The number of hydrogen-bond donors (Lipinski definition) is 1. The van der Waals surface area contributed by atoms with Crippen molar-refractivity contribution in [2.45, 2.75) is 17.9 Å². The van der Waals surface area contributed by atoms with E-state index in [1.165, 1.54) is 17.4 Å². The molecule has 11 heteroatoms.